The monoisotopic (exact) mass is 467 g/mol. The van der Waals surface area contributed by atoms with Gasteiger partial charge in [0.25, 0.3) is 0 Å². The second kappa shape index (κ2) is 9.89. The maximum absolute atomic E-state index is 13.8. The summed E-state index contributed by atoms with van der Waals surface area (Å²) in [6.07, 6.45) is 8.41. The molecular formula is C28H39N2O2S+. The zero-order chi connectivity index (χ0) is 22.7. The lowest BCUT2D eigenvalue weighted by atomic mass is 9.82. The van der Waals surface area contributed by atoms with Crippen molar-refractivity contribution in [2.24, 2.45) is 5.92 Å². The van der Waals surface area contributed by atoms with Gasteiger partial charge < -0.3 is 9.22 Å². The van der Waals surface area contributed by atoms with Crippen molar-refractivity contribution in [2.75, 3.05) is 39.3 Å². The zero-order valence-corrected chi connectivity index (χ0v) is 20.9. The Kier molecular flexibility index (Phi) is 6.91. The van der Waals surface area contributed by atoms with E-state index >= 15 is 0 Å². The maximum Gasteiger partial charge on any atom is 0.332 e. The highest BCUT2D eigenvalue weighted by Gasteiger charge is 2.50. The van der Waals surface area contributed by atoms with Crippen LogP contribution >= 0.6 is 11.3 Å². The Morgan fingerprint density at radius 1 is 1.09 bits per heavy atom. The third kappa shape index (κ3) is 4.78. The molecule has 4 aliphatic rings. The van der Waals surface area contributed by atoms with Gasteiger partial charge in [-0.1, -0.05) is 42.8 Å². The van der Waals surface area contributed by atoms with Crippen molar-refractivity contribution in [3.63, 3.8) is 0 Å². The lowest BCUT2D eigenvalue weighted by Crippen LogP contribution is -2.65. The molecule has 5 heteroatoms. The number of benzene rings is 1. The molecule has 2 atom stereocenters. The molecule has 5 heterocycles. The van der Waals surface area contributed by atoms with Crippen LogP contribution in [0.2, 0.25) is 0 Å². The molecule has 1 aromatic carbocycles. The molecule has 4 fully saturated rings. The van der Waals surface area contributed by atoms with Gasteiger partial charge >= 0.3 is 5.97 Å². The Bertz CT molecular complexity index is 901. The topological polar surface area (TPSA) is 29.5 Å². The minimum absolute atomic E-state index is 0.0203. The van der Waals surface area contributed by atoms with Crippen LogP contribution in [0.15, 0.2) is 47.8 Å². The van der Waals surface area contributed by atoms with Crippen molar-refractivity contribution in [1.82, 2.24) is 4.90 Å². The van der Waals surface area contributed by atoms with Gasteiger partial charge in [-0.3, -0.25) is 4.90 Å². The number of hydrogen-bond donors (Lipinski definition) is 0. The summed E-state index contributed by atoms with van der Waals surface area (Å²) in [5, 5.41) is 2.09. The summed E-state index contributed by atoms with van der Waals surface area (Å²) in [7, 11) is 0. The maximum atomic E-state index is 13.8. The molecule has 6 rings (SSSR count). The fourth-order valence-electron chi connectivity index (χ4n) is 6.47. The summed E-state index contributed by atoms with van der Waals surface area (Å²) in [5.74, 6) is 0.519. The largest absolute Gasteiger partial charge is 0.454 e. The Morgan fingerprint density at radius 2 is 1.85 bits per heavy atom. The molecular weight excluding hydrogens is 428 g/mol. The van der Waals surface area contributed by atoms with Crippen LogP contribution in [0.4, 0.5) is 0 Å². The van der Waals surface area contributed by atoms with Crippen LogP contribution in [0.5, 0.6) is 0 Å². The minimum Gasteiger partial charge on any atom is -0.454 e. The fraction of sp³-hybridized carbons (Fsp3) is 0.607. The van der Waals surface area contributed by atoms with E-state index in [9.17, 15) is 4.79 Å². The number of esters is 1. The van der Waals surface area contributed by atoms with Gasteiger partial charge in [-0.05, 0) is 56.3 Å². The number of hydrogen-bond acceptors (Lipinski definition) is 4. The first-order valence-corrected chi connectivity index (χ1v) is 13.9. The first-order valence-electron chi connectivity index (χ1n) is 13.0. The molecule has 0 radical (unpaired) electrons. The van der Waals surface area contributed by atoms with Crippen LogP contribution in [-0.4, -0.2) is 60.7 Å². The Labute approximate surface area is 203 Å². The van der Waals surface area contributed by atoms with E-state index < -0.39 is 5.54 Å². The SMILES string of the molecule is C[C@@](C(=O)O[C@H]1C[N+]2(CCCc3ccccc3)CCC1CC2)(c1cccs1)N1CCCCC1. The van der Waals surface area contributed by atoms with Gasteiger partial charge in [-0.25, -0.2) is 4.79 Å². The Balaban J connectivity index is 1.26. The summed E-state index contributed by atoms with van der Waals surface area (Å²) in [6, 6.07) is 15.0. The molecule has 0 amide bonds. The van der Waals surface area contributed by atoms with Crippen LogP contribution in [0, 0.1) is 5.92 Å². The molecule has 178 valence electrons. The van der Waals surface area contributed by atoms with Gasteiger partial charge in [0.15, 0.2) is 11.6 Å². The standard InChI is InChI=1S/C28H39N2O2S/c1-28(26-13-9-21-33-26,29-16-6-3-7-17-29)27(31)32-25-22-30(19-14-24(25)15-20-30)18-8-12-23-10-4-2-5-11-23/h2,4-5,9-11,13,21,24-25H,3,6-8,12,14-20,22H2,1H3/q+1/t24?,25-,28-,30?/m0/s1. The second-order valence-electron chi connectivity index (χ2n) is 10.7. The molecule has 0 spiro atoms. The highest BCUT2D eigenvalue weighted by atomic mass is 32.1. The molecule has 4 aliphatic heterocycles. The van der Waals surface area contributed by atoms with Gasteiger partial charge in [-0.2, -0.15) is 0 Å². The predicted molar refractivity (Wildman–Crippen MR) is 134 cm³/mol. The number of ether oxygens (including phenoxy) is 1. The van der Waals surface area contributed by atoms with E-state index in [4.69, 9.17) is 4.74 Å². The molecule has 2 aromatic rings. The van der Waals surface area contributed by atoms with E-state index in [2.05, 4.69) is 59.7 Å². The van der Waals surface area contributed by atoms with Crippen LogP contribution in [0.3, 0.4) is 0 Å². The summed E-state index contributed by atoms with van der Waals surface area (Å²) < 4.78 is 7.61. The lowest BCUT2D eigenvalue weighted by molar-refractivity contribution is -0.946. The van der Waals surface area contributed by atoms with Gasteiger partial charge in [0, 0.05) is 30.1 Å². The normalized spacial score (nSPS) is 29.5. The molecule has 1 aromatic heterocycles. The first kappa shape index (κ1) is 23.1. The Hall–Kier alpha value is -1.69. The van der Waals surface area contributed by atoms with Gasteiger partial charge in [0.1, 0.15) is 6.54 Å². The average molecular weight is 468 g/mol. The summed E-state index contributed by atoms with van der Waals surface area (Å²) in [4.78, 5) is 17.4. The number of carbonyl (C=O) groups excluding carboxylic acids is 1. The third-order valence-corrected chi connectivity index (χ3v) is 9.71. The number of nitrogens with zero attached hydrogens (tertiary/aromatic N) is 2. The molecule has 0 N–H and O–H groups in total. The third-order valence-electron chi connectivity index (χ3n) is 8.63. The molecule has 0 saturated carbocycles. The van der Waals surface area contributed by atoms with Crippen LogP contribution in [0.1, 0.15) is 55.9 Å². The number of likely N-dealkylation sites (tertiary alicyclic amines) is 1. The van der Waals surface area contributed by atoms with Gasteiger partial charge in [-0.15, -0.1) is 11.3 Å². The van der Waals surface area contributed by atoms with E-state index in [1.54, 1.807) is 11.3 Å². The quantitative estimate of drug-likeness (QED) is 0.393. The smallest absolute Gasteiger partial charge is 0.332 e. The lowest BCUT2D eigenvalue weighted by Gasteiger charge is -2.52. The van der Waals surface area contributed by atoms with E-state index in [1.807, 2.05) is 0 Å². The second-order valence-corrected chi connectivity index (χ2v) is 11.6. The molecule has 0 unspecified atom stereocenters. The zero-order valence-electron chi connectivity index (χ0n) is 20.1. The predicted octanol–water partition coefficient (Wildman–Crippen LogP) is 5.23. The molecule has 4 nitrogen and oxygen atoms in total. The molecule has 2 bridgehead atoms. The number of fused-ring (bicyclic) bond motifs is 3. The summed E-state index contributed by atoms with van der Waals surface area (Å²) in [6.45, 7) is 8.78. The van der Waals surface area contributed by atoms with E-state index in [1.165, 1.54) is 63.7 Å². The van der Waals surface area contributed by atoms with Gasteiger partial charge in [0.2, 0.25) is 0 Å². The van der Waals surface area contributed by atoms with Crippen molar-refractivity contribution >= 4 is 17.3 Å². The molecule has 0 aliphatic carbocycles. The van der Waals surface area contributed by atoms with E-state index in [-0.39, 0.29) is 12.1 Å². The first-order chi connectivity index (χ1) is 16.1. The number of carbonyl (C=O) groups is 1. The minimum atomic E-state index is -0.654. The number of quaternary nitrogens is 1. The number of thiophene rings is 1. The number of aryl methyl sites for hydroxylation is 1. The van der Waals surface area contributed by atoms with Crippen molar-refractivity contribution in [3.05, 3.63) is 58.3 Å². The van der Waals surface area contributed by atoms with Crippen molar-refractivity contribution in [1.29, 1.82) is 0 Å². The molecule has 4 saturated heterocycles. The van der Waals surface area contributed by atoms with Crippen LogP contribution in [0.25, 0.3) is 0 Å². The van der Waals surface area contributed by atoms with Crippen LogP contribution < -0.4 is 0 Å². The highest BCUT2D eigenvalue weighted by Crippen LogP contribution is 2.40. The van der Waals surface area contributed by atoms with Crippen LogP contribution in [-0.2, 0) is 21.5 Å². The summed E-state index contributed by atoms with van der Waals surface area (Å²) >= 11 is 1.69. The molecule has 33 heavy (non-hydrogen) atoms. The summed E-state index contributed by atoms with van der Waals surface area (Å²) in [5.41, 5.74) is 0.775. The average Bonchev–Trinajstić information content (AvgIpc) is 3.41. The van der Waals surface area contributed by atoms with E-state index in [0.29, 0.717) is 5.92 Å². The van der Waals surface area contributed by atoms with Crippen molar-refractivity contribution in [3.8, 4) is 0 Å². The van der Waals surface area contributed by atoms with Crippen molar-refractivity contribution in [2.45, 2.75) is 63.5 Å². The fourth-order valence-corrected chi connectivity index (χ4v) is 7.37. The van der Waals surface area contributed by atoms with Crippen molar-refractivity contribution < 1.29 is 14.0 Å². The number of piperidine rings is 4. The number of rotatable bonds is 8. The van der Waals surface area contributed by atoms with E-state index in [0.717, 1.165) is 35.4 Å². The van der Waals surface area contributed by atoms with Gasteiger partial charge in [0.05, 0.1) is 19.6 Å². The Morgan fingerprint density at radius 3 is 2.55 bits per heavy atom. The highest BCUT2D eigenvalue weighted by molar-refractivity contribution is 7.10.